The van der Waals surface area contributed by atoms with E-state index in [0.717, 1.165) is 5.56 Å². The van der Waals surface area contributed by atoms with Crippen LogP contribution >= 0.6 is 0 Å². The maximum absolute atomic E-state index is 13.5. The van der Waals surface area contributed by atoms with Crippen molar-refractivity contribution in [1.82, 2.24) is 9.80 Å². The molecule has 6 nitrogen and oxygen atoms in total. The van der Waals surface area contributed by atoms with Gasteiger partial charge in [0.25, 0.3) is 11.8 Å². The zero-order chi connectivity index (χ0) is 21.9. The highest BCUT2D eigenvalue weighted by Crippen LogP contribution is 2.35. The number of carbonyl (C=O) groups excluding carboxylic acids is 2. The number of hydrogen-bond acceptors (Lipinski definition) is 4. The first-order chi connectivity index (χ1) is 14.4. The van der Waals surface area contributed by atoms with Crippen LogP contribution in [0.4, 0.5) is 0 Å². The highest BCUT2D eigenvalue weighted by Gasteiger charge is 2.50. The molecular weight excluding hydrogens is 378 g/mol. The van der Waals surface area contributed by atoms with Gasteiger partial charge in [-0.05, 0) is 30.2 Å². The molecule has 0 aromatic heterocycles. The van der Waals surface area contributed by atoms with Gasteiger partial charge >= 0.3 is 0 Å². The van der Waals surface area contributed by atoms with E-state index in [1.165, 1.54) is 16.9 Å². The molecule has 1 atom stereocenters. The van der Waals surface area contributed by atoms with Crippen molar-refractivity contribution in [1.29, 1.82) is 5.26 Å². The van der Waals surface area contributed by atoms with Gasteiger partial charge in [0.05, 0.1) is 18.7 Å². The number of amides is 2. The van der Waals surface area contributed by atoms with Gasteiger partial charge in [0, 0.05) is 26.1 Å². The Labute approximate surface area is 177 Å². The van der Waals surface area contributed by atoms with Gasteiger partial charge in [0.1, 0.15) is 17.0 Å². The average molecular weight is 403 g/mol. The largest absolute Gasteiger partial charge is 0.496 e. The molecule has 3 rings (SSSR count). The Morgan fingerprint density at radius 3 is 2.40 bits per heavy atom. The minimum Gasteiger partial charge on any atom is -0.496 e. The zero-order valence-electron chi connectivity index (χ0n) is 17.7. The molecule has 2 aromatic rings. The fourth-order valence-electron chi connectivity index (χ4n) is 3.98. The van der Waals surface area contributed by atoms with E-state index in [0.29, 0.717) is 29.7 Å². The van der Waals surface area contributed by atoms with Crippen molar-refractivity contribution >= 4 is 17.9 Å². The quantitative estimate of drug-likeness (QED) is 0.719. The van der Waals surface area contributed by atoms with Crippen LogP contribution in [0, 0.1) is 11.3 Å². The molecular formula is C24H25N3O3. The number of benzene rings is 2. The molecule has 0 radical (unpaired) electrons. The van der Waals surface area contributed by atoms with Crippen LogP contribution in [-0.4, -0.2) is 48.4 Å². The van der Waals surface area contributed by atoms with Crippen molar-refractivity contribution in [3.8, 4) is 11.8 Å². The normalized spacial score (nSPS) is 20.4. The Kier molecular flexibility index (Phi) is 5.93. The molecule has 0 saturated carbocycles. The SMILES string of the molecule is CCC1(Cc2ccccc2)C(=O)N(C)/C(=C\c2c(C#N)cccc2OC)C(=O)N1C. The number of hydrogen-bond donors (Lipinski definition) is 0. The van der Waals surface area contributed by atoms with E-state index in [9.17, 15) is 14.9 Å². The van der Waals surface area contributed by atoms with E-state index in [-0.39, 0.29) is 17.5 Å². The standard InChI is InChI=1S/C24H25N3O3/c1-5-24(15-17-10-7-6-8-11-17)23(29)26(2)20(22(28)27(24)3)14-19-18(16-25)12-9-13-21(19)30-4/h6-14H,5,15H2,1-4H3/b20-14-. The van der Waals surface area contributed by atoms with Gasteiger partial charge in [-0.15, -0.1) is 0 Å². The van der Waals surface area contributed by atoms with E-state index >= 15 is 0 Å². The van der Waals surface area contributed by atoms with Crippen molar-refractivity contribution in [2.75, 3.05) is 21.2 Å². The molecule has 1 aliphatic heterocycles. The van der Waals surface area contributed by atoms with E-state index in [1.807, 2.05) is 37.3 Å². The second-order valence-corrected chi connectivity index (χ2v) is 7.34. The van der Waals surface area contributed by atoms with Crippen molar-refractivity contribution in [2.45, 2.75) is 25.3 Å². The molecule has 30 heavy (non-hydrogen) atoms. The van der Waals surface area contributed by atoms with E-state index in [2.05, 4.69) is 6.07 Å². The third-order valence-corrected chi connectivity index (χ3v) is 5.84. The Balaban J connectivity index is 2.08. The maximum Gasteiger partial charge on any atom is 0.271 e. The summed E-state index contributed by atoms with van der Waals surface area (Å²) in [6.07, 6.45) is 2.48. The lowest BCUT2D eigenvalue weighted by Crippen LogP contribution is -2.65. The van der Waals surface area contributed by atoms with Crippen LogP contribution in [0.1, 0.15) is 30.0 Å². The summed E-state index contributed by atoms with van der Waals surface area (Å²) >= 11 is 0. The lowest BCUT2D eigenvalue weighted by atomic mass is 9.82. The molecule has 1 saturated heterocycles. The number of nitrogens with zero attached hydrogens (tertiary/aromatic N) is 3. The van der Waals surface area contributed by atoms with Crippen molar-refractivity contribution in [3.63, 3.8) is 0 Å². The third kappa shape index (κ3) is 3.43. The molecule has 1 fully saturated rings. The van der Waals surface area contributed by atoms with Gasteiger partial charge in [0.2, 0.25) is 0 Å². The Morgan fingerprint density at radius 1 is 1.10 bits per heavy atom. The number of likely N-dealkylation sites (N-methyl/N-ethyl adjacent to an activating group) is 2. The predicted octanol–water partition coefficient (Wildman–Crippen LogP) is 3.23. The summed E-state index contributed by atoms with van der Waals surface area (Å²) in [6, 6.07) is 16.9. The second-order valence-electron chi connectivity index (χ2n) is 7.34. The zero-order valence-corrected chi connectivity index (χ0v) is 17.7. The molecule has 0 spiro atoms. The number of nitriles is 1. The van der Waals surface area contributed by atoms with E-state index in [4.69, 9.17) is 4.74 Å². The molecule has 1 unspecified atom stereocenters. The first-order valence-corrected chi connectivity index (χ1v) is 9.78. The van der Waals surface area contributed by atoms with Crippen LogP contribution in [0.25, 0.3) is 6.08 Å². The maximum atomic E-state index is 13.5. The first-order valence-electron chi connectivity index (χ1n) is 9.78. The van der Waals surface area contributed by atoms with Crippen LogP contribution in [0.2, 0.25) is 0 Å². The van der Waals surface area contributed by atoms with E-state index in [1.54, 1.807) is 38.4 Å². The Hall–Kier alpha value is -3.59. The molecule has 2 aromatic carbocycles. The van der Waals surface area contributed by atoms with Gasteiger partial charge in [0.15, 0.2) is 0 Å². The lowest BCUT2D eigenvalue weighted by molar-refractivity contribution is -0.157. The molecule has 1 aliphatic rings. The molecule has 154 valence electrons. The first kappa shape index (κ1) is 21.1. The Bertz CT molecular complexity index is 1040. The van der Waals surface area contributed by atoms with Crippen molar-refractivity contribution in [3.05, 3.63) is 70.9 Å². The van der Waals surface area contributed by atoms with Crippen LogP contribution in [-0.2, 0) is 16.0 Å². The van der Waals surface area contributed by atoms with Gasteiger partial charge in [-0.3, -0.25) is 9.59 Å². The molecule has 6 heteroatoms. The fourth-order valence-corrected chi connectivity index (χ4v) is 3.98. The van der Waals surface area contributed by atoms with Gasteiger partial charge in [-0.2, -0.15) is 5.26 Å². The third-order valence-electron chi connectivity index (χ3n) is 5.84. The van der Waals surface area contributed by atoms with Gasteiger partial charge in [-0.25, -0.2) is 0 Å². The topological polar surface area (TPSA) is 73.6 Å². The summed E-state index contributed by atoms with van der Waals surface area (Å²) in [6.45, 7) is 1.92. The highest BCUT2D eigenvalue weighted by atomic mass is 16.5. The number of ether oxygens (including phenoxy) is 1. The Morgan fingerprint density at radius 2 is 1.80 bits per heavy atom. The van der Waals surface area contributed by atoms with Crippen LogP contribution in [0.3, 0.4) is 0 Å². The molecule has 2 amide bonds. The number of rotatable bonds is 5. The average Bonchev–Trinajstić information content (AvgIpc) is 2.78. The summed E-state index contributed by atoms with van der Waals surface area (Å²) in [4.78, 5) is 29.9. The molecule has 0 N–H and O–H groups in total. The smallest absolute Gasteiger partial charge is 0.271 e. The van der Waals surface area contributed by atoms with Gasteiger partial charge in [-0.1, -0.05) is 43.3 Å². The van der Waals surface area contributed by atoms with Crippen LogP contribution in [0.15, 0.2) is 54.2 Å². The van der Waals surface area contributed by atoms with Crippen LogP contribution < -0.4 is 4.74 Å². The summed E-state index contributed by atoms with van der Waals surface area (Å²) in [5.41, 5.74) is 1.08. The number of carbonyl (C=O) groups is 2. The predicted molar refractivity (Wildman–Crippen MR) is 114 cm³/mol. The minimum absolute atomic E-state index is 0.157. The van der Waals surface area contributed by atoms with Crippen LogP contribution in [0.5, 0.6) is 5.75 Å². The molecule has 0 aliphatic carbocycles. The highest BCUT2D eigenvalue weighted by molar-refractivity contribution is 6.09. The number of piperazine rings is 1. The molecule has 1 heterocycles. The second kappa shape index (κ2) is 8.42. The van der Waals surface area contributed by atoms with Gasteiger partial charge < -0.3 is 14.5 Å². The van der Waals surface area contributed by atoms with Crippen molar-refractivity contribution < 1.29 is 14.3 Å². The van der Waals surface area contributed by atoms with Crippen molar-refractivity contribution in [2.24, 2.45) is 0 Å². The molecule has 0 bridgehead atoms. The lowest BCUT2D eigenvalue weighted by Gasteiger charge is -2.47. The van der Waals surface area contributed by atoms with E-state index < -0.39 is 5.54 Å². The fraction of sp³-hybridized carbons (Fsp3) is 0.292. The summed E-state index contributed by atoms with van der Waals surface area (Å²) in [5.74, 6) is 0.0368. The summed E-state index contributed by atoms with van der Waals surface area (Å²) in [5, 5.41) is 9.48. The summed E-state index contributed by atoms with van der Waals surface area (Å²) < 4.78 is 5.37. The monoisotopic (exact) mass is 403 g/mol. The number of methoxy groups -OCH3 is 1. The summed E-state index contributed by atoms with van der Waals surface area (Å²) in [7, 11) is 4.78. The minimum atomic E-state index is -0.969.